The van der Waals surface area contributed by atoms with Crippen molar-refractivity contribution in [2.45, 2.75) is 51.0 Å². The van der Waals surface area contributed by atoms with Crippen LogP contribution in [0.3, 0.4) is 0 Å². The first kappa shape index (κ1) is 10.9. The molecule has 2 atom stereocenters. The lowest BCUT2D eigenvalue weighted by Gasteiger charge is -2.28. The molecule has 0 radical (unpaired) electrons. The zero-order chi connectivity index (χ0) is 10.7. The second kappa shape index (κ2) is 4.97. The molecule has 1 aliphatic carbocycles. The number of carboxylic acids is 1. The molecule has 0 amide bonds. The number of carboxylic acid groups (broad SMARTS) is 1. The summed E-state index contributed by atoms with van der Waals surface area (Å²) in [4.78, 5) is 13.2. The molecule has 1 saturated carbocycles. The Balaban J connectivity index is 1.84. The Labute approximate surface area is 91.5 Å². The first-order valence-electron chi connectivity index (χ1n) is 6.23. The van der Waals surface area contributed by atoms with E-state index in [1.165, 1.54) is 45.2 Å². The van der Waals surface area contributed by atoms with E-state index in [4.69, 9.17) is 5.11 Å². The normalized spacial score (nSPS) is 32.3. The van der Waals surface area contributed by atoms with Gasteiger partial charge in [0.2, 0.25) is 0 Å². The van der Waals surface area contributed by atoms with Gasteiger partial charge in [-0.15, -0.1) is 0 Å². The molecular formula is C12H21NO2. The SMILES string of the molecule is O=C(O)CCC1CCCC1N1CCCC1. The Bertz CT molecular complexity index is 224. The minimum atomic E-state index is -0.637. The van der Waals surface area contributed by atoms with Crippen molar-refractivity contribution < 1.29 is 9.90 Å². The highest BCUT2D eigenvalue weighted by atomic mass is 16.4. The highest BCUT2D eigenvalue weighted by molar-refractivity contribution is 5.66. The minimum absolute atomic E-state index is 0.356. The molecule has 15 heavy (non-hydrogen) atoms. The van der Waals surface area contributed by atoms with E-state index in [1.807, 2.05) is 0 Å². The van der Waals surface area contributed by atoms with Gasteiger partial charge in [-0.05, 0) is 51.1 Å². The van der Waals surface area contributed by atoms with E-state index >= 15 is 0 Å². The summed E-state index contributed by atoms with van der Waals surface area (Å²) in [6, 6.07) is 0.701. The maximum Gasteiger partial charge on any atom is 0.303 e. The molecule has 0 aromatic carbocycles. The smallest absolute Gasteiger partial charge is 0.303 e. The van der Waals surface area contributed by atoms with Crippen molar-refractivity contribution in [1.29, 1.82) is 0 Å². The molecule has 3 nitrogen and oxygen atoms in total. The lowest BCUT2D eigenvalue weighted by molar-refractivity contribution is -0.137. The number of carbonyl (C=O) groups is 1. The van der Waals surface area contributed by atoms with Crippen LogP contribution in [0.25, 0.3) is 0 Å². The largest absolute Gasteiger partial charge is 0.481 e. The van der Waals surface area contributed by atoms with Crippen LogP contribution in [-0.2, 0) is 4.79 Å². The lowest BCUT2D eigenvalue weighted by atomic mass is 9.96. The van der Waals surface area contributed by atoms with Crippen molar-refractivity contribution >= 4 is 5.97 Å². The van der Waals surface area contributed by atoms with Gasteiger partial charge in [0.15, 0.2) is 0 Å². The number of rotatable bonds is 4. The summed E-state index contributed by atoms with van der Waals surface area (Å²) in [7, 11) is 0. The number of likely N-dealkylation sites (tertiary alicyclic amines) is 1. The number of hydrogen-bond acceptors (Lipinski definition) is 2. The van der Waals surface area contributed by atoms with Gasteiger partial charge in [-0.3, -0.25) is 4.79 Å². The first-order valence-corrected chi connectivity index (χ1v) is 6.23. The van der Waals surface area contributed by atoms with Gasteiger partial charge in [-0.2, -0.15) is 0 Å². The molecule has 86 valence electrons. The summed E-state index contributed by atoms with van der Waals surface area (Å²) in [6.07, 6.45) is 7.75. The molecule has 2 fully saturated rings. The van der Waals surface area contributed by atoms with E-state index in [1.54, 1.807) is 0 Å². The fourth-order valence-corrected chi connectivity index (χ4v) is 3.22. The van der Waals surface area contributed by atoms with Crippen LogP contribution in [0.5, 0.6) is 0 Å². The van der Waals surface area contributed by atoms with E-state index in [0.717, 1.165) is 6.42 Å². The van der Waals surface area contributed by atoms with Gasteiger partial charge in [0.25, 0.3) is 0 Å². The Morgan fingerprint density at radius 1 is 1.20 bits per heavy atom. The van der Waals surface area contributed by atoms with Gasteiger partial charge < -0.3 is 10.0 Å². The molecule has 2 aliphatic rings. The van der Waals surface area contributed by atoms with Crippen LogP contribution >= 0.6 is 0 Å². The van der Waals surface area contributed by atoms with Crippen LogP contribution in [-0.4, -0.2) is 35.1 Å². The van der Waals surface area contributed by atoms with Crippen molar-refractivity contribution in [2.75, 3.05) is 13.1 Å². The number of nitrogens with zero attached hydrogens (tertiary/aromatic N) is 1. The second-order valence-electron chi connectivity index (χ2n) is 4.93. The number of aliphatic carboxylic acids is 1. The van der Waals surface area contributed by atoms with Crippen LogP contribution in [0.15, 0.2) is 0 Å². The van der Waals surface area contributed by atoms with Crippen LogP contribution in [0.1, 0.15) is 44.9 Å². The van der Waals surface area contributed by atoms with E-state index in [9.17, 15) is 4.79 Å². The fourth-order valence-electron chi connectivity index (χ4n) is 3.22. The van der Waals surface area contributed by atoms with Gasteiger partial charge >= 0.3 is 5.97 Å². The quantitative estimate of drug-likeness (QED) is 0.774. The molecule has 0 spiro atoms. The van der Waals surface area contributed by atoms with Gasteiger partial charge in [-0.25, -0.2) is 0 Å². The molecule has 2 rings (SSSR count). The molecule has 2 unspecified atom stereocenters. The van der Waals surface area contributed by atoms with E-state index in [-0.39, 0.29) is 0 Å². The predicted molar refractivity (Wildman–Crippen MR) is 58.8 cm³/mol. The molecule has 0 aromatic rings. The van der Waals surface area contributed by atoms with Crippen molar-refractivity contribution in [3.63, 3.8) is 0 Å². The topological polar surface area (TPSA) is 40.5 Å². The van der Waals surface area contributed by atoms with Crippen molar-refractivity contribution in [3.8, 4) is 0 Å². The molecule has 1 N–H and O–H groups in total. The molecule has 0 bridgehead atoms. The molecular weight excluding hydrogens is 190 g/mol. The third kappa shape index (κ3) is 2.71. The highest BCUT2D eigenvalue weighted by Gasteiger charge is 2.33. The zero-order valence-electron chi connectivity index (χ0n) is 9.32. The minimum Gasteiger partial charge on any atom is -0.481 e. The first-order chi connectivity index (χ1) is 7.27. The highest BCUT2D eigenvalue weighted by Crippen LogP contribution is 2.34. The lowest BCUT2D eigenvalue weighted by Crippen LogP contribution is -2.35. The molecule has 1 aliphatic heterocycles. The van der Waals surface area contributed by atoms with Crippen LogP contribution in [0, 0.1) is 5.92 Å². The Kier molecular flexibility index (Phi) is 3.62. The maximum absolute atomic E-state index is 10.6. The monoisotopic (exact) mass is 211 g/mol. The van der Waals surface area contributed by atoms with Crippen LogP contribution in [0.4, 0.5) is 0 Å². The maximum atomic E-state index is 10.6. The van der Waals surface area contributed by atoms with Crippen LogP contribution < -0.4 is 0 Å². The summed E-state index contributed by atoms with van der Waals surface area (Å²) in [5.41, 5.74) is 0. The summed E-state index contributed by atoms with van der Waals surface area (Å²) in [5.74, 6) is 0.0151. The summed E-state index contributed by atoms with van der Waals surface area (Å²) >= 11 is 0. The van der Waals surface area contributed by atoms with Crippen molar-refractivity contribution in [3.05, 3.63) is 0 Å². The average Bonchev–Trinajstić information content (AvgIpc) is 2.85. The summed E-state index contributed by atoms with van der Waals surface area (Å²) < 4.78 is 0. The van der Waals surface area contributed by atoms with Crippen LogP contribution in [0.2, 0.25) is 0 Å². The van der Waals surface area contributed by atoms with E-state index < -0.39 is 5.97 Å². The van der Waals surface area contributed by atoms with Gasteiger partial charge in [0.05, 0.1) is 0 Å². The van der Waals surface area contributed by atoms with E-state index in [0.29, 0.717) is 18.4 Å². The third-order valence-electron chi connectivity index (χ3n) is 3.96. The Morgan fingerprint density at radius 3 is 2.60 bits per heavy atom. The number of hydrogen-bond donors (Lipinski definition) is 1. The molecule has 3 heteroatoms. The zero-order valence-corrected chi connectivity index (χ0v) is 9.32. The average molecular weight is 211 g/mol. The Morgan fingerprint density at radius 2 is 1.93 bits per heavy atom. The fraction of sp³-hybridized carbons (Fsp3) is 0.917. The predicted octanol–water partition coefficient (Wildman–Crippen LogP) is 2.12. The summed E-state index contributed by atoms with van der Waals surface area (Å²) in [5, 5.41) is 8.71. The Hall–Kier alpha value is -0.570. The third-order valence-corrected chi connectivity index (χ3v) is 3.96. The van der Waals surface area contributed by atoms with Crippen molar-refractivity contribution in [2.24, 2.45) is 5.92 Å². The molecule has 1 saturated heterocycles. The van der Waals surface area contributed by atoms with Gasteiger partial charge in [0.1, 0.15) is 0 Å². The summed E-state index contributed by atoms with van der Waals surface area (Å²) in [6.45, 7) is 2.49. The van der Waals surface area contributed by atoms with Crippen molar-refractivity contribution in [1.82, 2.24) is 4.90 Å². The van der Waals surface area contributed by atoms with Gasteiger partial charge in [-0.1, -0.05) is 6.42 Å². The molecule has 0 aromatic heterocycles. The standard InChI is InChI=1S/C12H21NO2/c14-12(15)7-6-10-4-3-5-11(10)13-8-1-2-9-13/h10-11H,1-9H2,(H,14,15). The van der Waals surface area contributed by atoms with Gasteiger partial charge in [0, 0.05) is 12.5 Å². The second-order valence-corrected chi connectivity index (χ2v) is 4.93. The van der Waals surface area contributed by atoms with E-state index in [2.05, 4.69) is 4.90 Å². The molecule has 1 heterocycles.